The Labute approximate surface area is 208 Å². The number of hydrogen-bond donors (Lipinski definition) is 0. The fourth-order valence-corrected chi connectivity index (χ4v) is 5.25. The largest absolute Gasteiger partial charge is 0.494 e. The molecule has 1 fully saturated rings. The van der Waals surface area contributed by atoms with Gasteiger partial charge in [0.15, 0.2) is 11.6 Å². The topological polar surface area (TPSA) is 45.3 Å². The second-order valence-corrected chi connectivity index (χ2v) is 9.55. The number of carbonyl (C=O) groups excluding carboxylic acids is 1. The molecule has 0 aliphatic carbocycles. The van der Waals surface area contributed by atoms with Gasteiger partial charge in [-0.25, -0.2) is 4.39 Å². The molecule has 6 nitrogen and oxygen atoms in total. The van der Waals surface area contributed by atoms with Crippen LogP contribution in [0.1, 0.15) is 43.4 Å². The minimum absolute atomic E-state index is 0.0909. The number of likely N-dealkylation sites (tertiary alicyclic amines) is 1. The van der Waals surface area contributed by atoms with E-state index in [1.54, 1.807) is 12.1 Å². The first-order valence-electron chi connectivity index (χ1n) is 12.8. The summed E-state index contributed by atoms with van der Waals surface area (Å²) < 4.78 is 25.2. The van der Waals surface area contributed by atoms with Gasteiger partial charge in [-0.2, -0.15) is 0 Å². The predicted molar refractivity (Wildman–Crippen MR) is 135 cm³/mol. The van der Waals surface area contributed by atoms with E-state index in [9.17, 15) is 9.18 Å². The molecule has 0 radical (unpaired) electrons. The molecule has 4 rings (SSSR count). The molecule has 1 saturated heterocycles. The number of methoxy groups -OCH3 is 1. The number of fused-ring (bicyclic) bond motifs is 1. The lowest BCUT2D eigenvalue weighted by Gasteiger charge is -2.34. The highest BCUT2D eigenvalue weighted by Crippen LogP contribution is 2.28. The molecule has 0 spiro atoms. The summed E-state index contributed by atoms with van der Waals surface area (Å²) in [6.45, 7) is 11.1. The molecule has 2 aliphatic rings. The number of nitrogens with zero attached hydrogens (tertiary/aromatic N) is 3. The van der Waals surface area contributed by atoms with Crippen LogP contribution >= 0.6 is 0 Å². The average Bonchev–Trinajstić information content (AvgIpc) is 3.06. The number of piperidine rings is 1. The molecule has 2 aliphatic heterocycles. The summed E-state index contributed by atoms with van der Waals surface area (Å²) in [4.78, 5) is 19.5. The van der Waals surface area contributed by atoms with E-state index in [-0.39, 0.29) is 17.5 Å². The van der Waals surface area contributed by atoms with Gasteiger partial charge in [-0.15, -0.1) is 0 Å². The fourth-order valence-electron chi connectivity index (χ4n) is 5.25. The molecule has 1 atom stereocenters. The third-order valence-electron chi connectivity index (χ3n) is 7.14. The van der Waals surface area contributed by atoms with Crippen LogP contribution in [-0.4, -0.2) is 67.0 Å². The van der Waals surface area contributed by atoms with Gasteiger partial charge in [0.2, 0.25) is 5.91 Å². The van der Waals surface area contributed by atoms with Crippen LogP contribution in [0.5, 0.6) is 11.5 Å². The summed E-state index contributed by atoms with van der Waals surface area (Å²) in [6, 6.07) is 11.6. The second-order valence-electron chi connectivity index (χ2n) is 9.55. The van der Waals surface area contributed by atoms with Crippen LogP contribution in [-0.2, 0) is 24.4 Å². The van der Waals surface area contributed by atoms with Crippen molar-refractivity contribution in [1.29, 1.82) is 0 Å². The Bertz CT molecular complexity index is 1010. The summed E-state index contributed by atoms with van der Waals surface area (Å²) >= 11 is 0. The molecule has 1 amide bonds. The van der Waals surface area contributed by atoms with Gasteiger partial charge < -0.3 is 14.4 Å². The average molecular weight is 484 g/mol. The Morgan fingerprint density at radius 2 is 1.83 bits per heavy atom. The Kier molecular flexibility index (Phi) is 8.63. The Hall–Kier alpha value is -2.64. The van der Waals surface area contributed by atoms with Gasteiger partial charge in [0.1, 0.15) is 12.4 Å². The molecule has 0 bridgehead atoms. The highest BCUT2D eigenvalue weighted by atomic mass is 19.1. The minimum atomic E-state index is -0.335. The summed E-state index contributed by atoms with van der Waals surface area (Å²) in [7, 11) is 1.48. The number of rotatable bonds is 8. The van der Waals surface area contributed by atoms with Gasteiger partial charge in [-0.05, 0) is 68.6 Å². The zero-order valence-electron chi connectivity index (χ0n) is 21.3. The minimum Gasteiger partial charge on any atom is -0.494 e. The normalized spacial score (nSPS) is 18.9. The molecule has 0 N–H and O–H groups in total. The van der Waals surface area contributed by atoms with Crippen molar-refractivity contribution >= 4 is 5.91 Å². The van der Waals surface area contributed by atoms with Gasteiger partial charge in [0.05, 0.1) is 13.0 Å². The van der Waals surface area contributed by atoms with Crippen molar-refractivity contribution in [3.8, 4) is 11.5 Å². The van der Waals surface area contributed by atoms with Crippen LogP contribution in [0.3, 0.4) is 0 Å². The van der Waals surface area contributed by atoms with E-state index in [1.807, 2.05) is 24.8 Å². The molecule has 7 heteroatoms. The standard InChI is InChI=1S/C28H38FN3O3/c1-4-32(5-2)28(33)23-7-6-12-30(19-23)17-21-8-10-26-24(15-21)20-31(13-14-35-26)18-22-9-11-27(34-3)25(29)16-22/h8-11,15-16,23H,4-7,12-14,17-20H2,1-3H3/t23-/m1/s1. The quantitative estimate of drug-likeness (QED) is 0.560. The number of amides is 1. The summed E-state index contributed by atoms with van der Waals surface area (Å²) in [6.07, 6.45) is 2.03. The Morgan fingerprint density at radius 3 is 2.57 bits per heavy atom. The number of ether oxygens (including phenoxy) is 2. The van der Waals surface area contributed by atoms with Crippen LogP contribution in [0.25, 0.3) is 0 Å². The summed E-state index contributed by atoms with van der Waals surface area (Å²) in [5.41, 5.74) is 3.31. The van der Waals surface area contributed by atoms with Crippen LogP contribution in [0.2, 0.25) is 0 Å². The maximum Gasteiger partial charge on any atom is 0.226 e. The van der Waals surface area contributed by atoms with E-state index < -0.39 is 0 Å². The lowest BCUT2D eigenvalue weighted by atomic mass is 9.95. The second kappa shape index (κ2) is 11.9. The van der Waals surface area contributed by atoms with Crippen molar-refractivity contribution in [3.05, 3.63) is 58.9 Å². The molecular weight excluding hydrogens is 445 g/mol. The maximum absolute atomic E-state index is 14.2. The SMILES string of the molecule is CCN(CC)C(=O)[C@@H]1CCCN(Cc2ccc3c(c2)CN(Cc2ccc(OC)c(F)c2)CCO3)C1. The smallest absolute Gasteiger partial charge is 0.226 e. The molecule has 2 aromatic rings. The van der Waals surface area contributed by atoms with E-state index in [2.05, 4.69) is 28.0 Å². The van der Waals surface area contributed by atoms with Crippen molar-refractivity contribution in [3.63, 3.8) is 0 Å². The molecule has 0 aromatic heterocycles. The van der Waals surface area contributed by atoms with Crippen molar-refractivity contribution in [2.24, 2.45) is 5.92 Å². The van der Waals surface area contributed by atoms with Crippen LogP contribution < -0.4 is 9.47 Å². The van der Waals surface area contributed by atoms with Crippen molar-refractivity contribution < 1.29 is 18.7 Å². The number of carbonyl (C=O) groups is 1. The van der Waals surface area contributed by atoms with Crippen molar-refractivity contribution in [2.45, 2.75) is 46.3 Å². The molecule has 0 unspecified atom stereocenters. The van der Waals surface area contributed by atoms with E-state index in [1.165, 1.54) is 12.7 Å². The molecule has 2 aromatic carbocycles. The summed E-state index contributed by atoms with van der Waals surface area (Å²) in [5.74, 6) is 1.24. The van der Waals surface area contributed by atoms with Crippen molar-refractivity contribution in [1.82, 2.24) is 14.7 Å². The van der Waals surface area contributed by atoms with E-state index in [4.69, 9.17) is 9.47 Å². The number of hydrogen-bond acceptors (Lipinski definition) is 5. The van der Waals surface area contributed by atoms with Crippen molar-refractivity contribution in [2.75, 3.05) is 46.4 Å². The van der Waals surface area contributed by atoms with Crippen LogP contribution in [0, 0.1) is 11.7 Å². The van der Waals surface area contributed by atoms with Crippen LogP contribution in [0.15, 0.2) is 36.4 Å². The highest BCUT2D eigenvalue weighted by molar-refractivity contribution is 5.79. The van der Waals surface area contributed by atoms with E-state index in [0.29, 0.717) is 19.1 Å². The highest BCUT2D eigenvalue weighted by Gasteiger charge is 2.28. The first-order valence-corrected chi connectivity index (χ1v) is 12.8. The zero-order chi connectivity index (χ0) is 24.8. The molecule has 0 saturated carbocycles. The van der Waals surface area contributed by atoms with Gasteiger partial charge >= 0.3 is 0 Å². The number of benzene rings is 2. The van der Waals surface area contributed by atoms with E-state index >= 15 is 0 Å². The molecule has 35 heavy (non-hydrogen) atoms. The lowest BCUT2D eigenvalue weighted by molar-refractivity contribution is -0.137. The van der Waals surface area contributed by atoms with Gasteiger partial charge in [0.25, 0.3) is 0 Å². The first kappa shape index (κ1) is 25.5. The Morgan fingerprint density at radius 1 is 1.09 bits per heavy atom. The maximum atomic E-state index is 14.2. The zero-order valence-corrected chi connectivity index (χ0v) is 21.3. The van der Waals surface area contributed by atoms with Crippen LogP contribution in [0.4, 0.5) is 4.39 Å². The van der Waals surface area contributed by atoms with Gasteiger partial charge in [0, 0.05) is 51.4 Å². The van der Waals surface area contributed by atoms with Gasteiger partial charge in [-0.3, -0.25) is 14.6 Å². The fraction of sp³-hybridized carbons (Fsp3) is 0.536. The molecule has 2 heterocycles. The monoisotopic (exact) mass is 483 g/mol. The Balaban J connectivity index is 1.41. The third kappa shape index (κ3) is 6.33. The third-order valence-corrected chi connectivity index (χ3v) is 7.14. The lowest BCUT2D eigenvalue weighted by Crippen LogP contribution is -2.44. The number of halogens is 1. The summed E-state index contributed by atoms with van der Waals surface area (Å²) in [5, 5.41) is 0. The van der Waals surface area contributed by atoms with E-state index in [0.717, 1.165) is 75.5 Å². The first-order chi connectivity index (χ1) is 17.0. The molecular formula is C28H38FN3O3. The predicted octanol–water partition coefficient (Wildman–Crippen LogP) is 4.31. The van der Waals surface area contributed by atoms with Gasteiger partial charge in [-0.1, -0.05) is 12.1 Å². The molecule has 190 valence electrons.